The minimum absolute atomic E-state index is 0.155. The van der Waals surface area contributed by atoms with Crippen LogP contribution in [0.4, 0.5) is 4.39 Å². The largest absolute Gasteiger partial charge is 0.491 e. The molecule has 0 aliphatic rings. The molecule has 1 unspecified atom stereocenters. The molecular formula is C19H21FN2O3. The molecule has 2 aromatic carbocycles. The van der Waals surface area contributed by atoms with Gasteiger partial charge < -0.3 is 15.8 Å². The Balaban J connectivity index is 1.75. The lowest BCUT2D eigenvalue weighted by Gasteiger charge is -2.15. The minimum atomic E-state index is -0.762. The van der Waals surface area contributed by atoms with E-state index in [1.54, 1.807) is 12.1 Å². The Kier molecular flexibility index (Phi) is 6.95. The Morgan fingerprint density at radius 1 is 1.08 bits per heavy atom. The van der Waals surface area contributed by atoms with Gasteiger partial charge in [0.2, 0.25) is 11.8 Å². The maximum Gasteiger partial charge on any atom is 0.240 e. The number of nitrogens with one attached hydrogen (secondary N) is 1. The number of nitrogens with two attached hydrogens (primary N) is 1. The van der Waals surface area contributed by atoms with E-state index in [0.717, 1.165) is 5.56 Å². The fraction of sp³-hybridized carbons (Fsp3) is 0.263. The van der Waals surface area contributed by atoms with Crippen LogP contribution >= 0.6 is 0 Å². The van der Waals surface area contributed by atoms with Gasteiger partial charge in [-0.15, -0.1) is 0 Å². The van der Waals surface area contributed by atoms with Crippen molar-refractivity contribution in [2.24, 2.45) is 5.73 Å². The van der Waals surface area contributed by atoms with E-state index in [1.807, 2.05) is 30.3 Å². The molecule has 25 heavy (non-hydrogen) atoms. The predicted molar refractivity (Wildman–Crippen MR) is 92.4 cm³/mol. The van der Waals surface area contributed by atoms with Gasteiger partial charge in [0.1, 0.15) is 6.04 Å². The summed E-state index contributed by atoms with van der Waals surface area (Å²) in [7, 11) is 0. The molecule has 5 nitrogen and oxygen atoms in total. The second-order valence-electron chi connectivity index (χ2n) is 5.59. The molecule has 0 radical (unpaired) electrons. The van der Waals surface area contributed by atoms with Crippen molar-refractivity contribution in [1.29, 1.82) is 0 Å². The van der Waals surface area contributed by atoms with Crippen LogP contribution in [0.15, 0.2) is 54.6 Å². The van der Waals surface area contributed by atoms with Gasteiger partial charge in [-0.1, -0.05) is 42.5 Å². The zero-order valence-electron chi connectivity index (χ0n) is 13.8. The summed E-state index contributed by atoms with van der Waals surface area (Å²) in [6, 6.07) is 14.6. The Labute approximate surface area is 146 Å². The van der Waals surface area contributed by atoms with Crippen molar-refractivity contribution in [3.05, 3.63) is 66.0 Å². The van der Waals surface area contributed by atoms with Crippen LogP contribution in [0.2, 0.25) is 0 Å². The number of amides is 2. The number of primary amides is 1. The zero-order chi connectivity index (χ0) is 18.1. The van der Waals surface area contributed by atoms with Crippen LogP contribution in [0.5, 0.6) is 5.75 Å². The average molecular weight is 344 g/mol. The molecule has 0 spiro atoms. The molecule has 2 amide bonds. The maximum absolute atomic E-state index is 13.4. The summed E-state index contributed by atoms with van der Waals surface area (Å²) in [5.74, 6) is -1.16. The molecule has 3 N–H and O–H groups in total. The summed E-state index contributed by atoms with van der Waals surface area (Å²) in [4.78, 5) is 23.5. The number of rotatable bonds is 9. The molecule has 0 saturated heterocycles. The average Bonchev–Trinajstić information content (AvgIpc) is 2.60. The summed E-state index contributed by atoms with van der Waals surface area (Å²) >= 11 is 0. The second-order valence-corrected chi connectivity index (χ2v) is 5.59. The van der Waals surface area contributed by atoms with Crippen molar-refractivity contribution in [2.45, 2.75) is 25.3 Å². The van der Waals surface area contributed by atoms with Crippen molar-refractivity contribution in [1.82, 2.24) is 5.32 Å². The van der Waals surface area contributed by atoms with Gasteiger partial charge >= 0.3 is 0 Å². The Morgan fingerprint density at radius 3 is 2.44 bits per heavy atom. The Morgan fingerprint density at radius 2 is 1.76 bits per heavy atom. The molecule has 0 aromatic heterocycles. The molecular weight excluding hydrogens is 323 g/mol. The minimum Gasteiger partial charge on any atom is -0.491 e. The van der Waals surface area contributed by atoms with E-state index in [9.17, 15) is 14.0 Å². The topological polar surface area (TPSA) is 81.4 Å². The van der Waals surface area contributed by atoms with Gasteiger partial charge in [-0.05, 0) is 24.1 Å². The molecule has 0 fully saturated rings. The number of hydrogen-bond acceptors (Lipinski definition) is 3. The lowest BCUT2D eigenvalue weighted by molar-refractivity contribution is -0.127. The fourth-order valence-corrected chi connectivity index (χ4v) is 2.32. The van der Waals surface area contributed by atoms with Crippen molar-refractivity contribution >= 4 is 11.8 Å². The van der Waals surface area contributed by atoms with Gasteiger partial charge in [-0.2, -0.15) is 0 Å². The van der Waals surface area contributed by atoms with Crippen LogP contribution in [-0.2, 0) is 16.0 Å². The van der Waals surface area contributed by atoms with Crippen LogP contribution in [0.1, 0.15) is 18.4 Å². The first kappa shape index (κ1) is 18.4. The van der Waals surface area contributed by atoms with Gasteiger partial charge in [0.25, 0.3) is 0 Å². The van der Waals surface area contributed by atoms with Crippen LogP contribution in [0, 0.1) is 5.82 Å². The van der Waals surface area contributed by atoms with Gasteiger partial charge in [-0.25, -0.2) is 4.39 Å². The Hall–Kier alpha value is -2.89. The molecule has 0 aliphatic carbocycles. The lowest BCUT2D eigenvalue weighted by Crippen LogP contribution is -2.45. The fourth-order valence-electron chi connectivity index (χ4n) is 2.32. The van der Waals surface area contributed by atoms with Gasteiger partial charge in [0.05, 0.1) is 6.61 Å². The van der Waals surface area contributed by atoms with E-state index in [2.05, 4.69) is 5.32 Å². The quantitative estimate of drug-likeness (QED) is 0.684. The number of hydrogen-bond donors (Lipinski definition) is 2. The van der Waals surface area contributed by atoms with Crippen LogP contribution in [0.25, 0.3) is 0 Å². The summed E-state index contributed by atoms with van der Waals surface area (Å²) in [6.07, 6.45) is 0.900. The summed E-state index contributed by atoms with van der Waals surface area (Å²) in [5.41, 5.74) is 6.27. The third-order valence-corrected chi connectivity index (χ3v) is 3.60. The number of carbonyl (C=O) groups is 2. The highest BCUT2D eigenvalue weighted by Gasteiger charge is 2.18. The molecule has 2 aromatic rings. The number of halogens is 1. The van der Waals surface area contributed by atoms with Crippen LogP contribution < -0.4 is 15.8 Å². The SMILES string of the molecule is NC(=O)C(Cc1ccccc1)NC(=O)CCCOc1ccccc1F. The summed E-state index contributed by atoms with van der Waals surface area (Å²) in [6.45, 7) is 0.203. The Bertz CT molecular complexity index is 707. The maximum atomic E-state index is 13.4. The summed E-state index contributed by atoms with van der Waals surface area (Å²) in [5, 5.41) is 2.63. The van der Waals surface area contributed by atoms with Crippen molar-refractivity contribution in [2.75, 3.05) is 6.61 Å². The zero-order valence-corrected chi connectivity index (χ0v) is 13.8. The smallest absolute Gasteiger partial charge is 0.240 e. The van der Waals surface area contributed by atoms with Gasteiger partial charge in [-0.3, -0.25) is 9.59 Å². The van der Waals surface area contributed by atoms with Gasteiger partial charge in [0, 0.05) is 12.8 Å². The predicted octanol–water partition coefficient (Wildman–Crippen LogP) is 2.20. The van der Waals surface area contributed by atoms with Crippen LogP contribution in [-0.4, -0.2) is 24.5 Å². The number of carbonyl (C=O) groups excluding carboxylic acids is 2. The van der Waals surface area contributed by atoms with Gasteiger partial charge in [0.15, 0.2) is 11.6 Å². The normalized spacial score (nSPS) is 11.6. The molecule has 0 aliphatic heterocycles. The first-order chi connectivity index (χ1) is 12.1. The molecule has 0 bridgehead atoms. The summed E-state index contributed by atoms with van der Waals surface area (Å²) < 4.78 is 18.7. The highest BCUT2D eigenvalue weighted by Crippen LogP contribution is 2.15. The molecule has 2 rings (SSSR count). The standard InChI is InChI=1S/C19H21FN2O3/c20-15-9-4-5-10-17(15)25-12-6-11-18(23)22-16(19(21)24)13-14-7-2-1-3-8-14/h1-5,7-10,16H,6,11-13H2,(H2,21,24)(H,22,23). The van der Waals surface area contributed by atoms with E-state index in [0.29, 0.717) is 12.8 Å². The number of ether oxygens (including phenoxy) is 1. The number of para-hydroxylation sites is 1. The number of benzene rings is 2. The third kappa shape index (κ3) is 6.25. The molecule has 0 saturated carbocycles. The van der Waals surface area contributed by atoms with Crippen molar-refractivity contribution < 1.29 is 18.7 Å². The third-order valence-electron chi connectivity index (χ3n) is 3.60. The highest BCUT2D eigenvalue weighted by atomic mass is 19.1. The second kappa shape index (κ2) is 9.42. The van der Waals surface area contributed by atoms with E-state index in [1.165, 1.54) is 12.1 Å². The first-order valence-corrected chi connectivity index (χ1v) is 8.06. The molecule has 0 heterocycles. The first-order valence-electron chi connectivity index (χ1n) is 8.06. The van der Waals surface area contributed by atoms with E-state index in [4.69, 9.17) is 10.5 Å². The van der Waals surface area contributed by atoms with E-state index >= 15 is 0 Å². The van der Waals surface area contributed by atoms with Crippen molar-refractivity contribution in [3.8, 4) is 5.75 Å². The van der Waals surface area contributed by atoms with E-state index in [-0.39, 0.29) is 24.7 Å². The molecule has 132 valence electrons. The van der Waals surface area contributed by atoms with Crippen LogP contribution in [0.3, 0.4) is 0 Å². The molecule has 6 heteroatoms. The molecule has 1 atom stereocenters. The monoisotopic (exact) mass is 344 g/mol. The lowest BCUT2D eigenvalue weighted by atomic mass is 10.1. The van der Waals surface area contributed by atoms with E-state index < -0.39 is 17.8 Å². The van der Waals surface area contributed by atoms with Crippen molar-refractivity contribution in [3.63, 3.8) is 0 Å². The highest BCUT2D eigenvalue weighted by molar-refractivity contribution is 5.86.